The molecule has 0 atom stereocenters. The summed E-state index contributed by atoms with van der Waals surface area (Å²) in [5, 5.41) is 3.45. The summed E-state index contributed by atoms with van der Waals surface area (Å²) in [5.41, 5.74) is 4.74. The average Bonchev–Trinajstić information content (AvgIpc) is 2.78. The van der Waals surface area contributed by atoms with E-state index in [0.29, 0.717) is 29.5 Å². The Balaban J connectivity index is 1.24. The van der Waals surface area contributed by atoms with Crippen LogP contribution in [0.5, 0.6) is 5.75 Å². The number of nitrogens with one attached hydrogen (secondary N) is 1. The van der Waals surface area contributed by atoms with E-state index in [1.165, 1.54) is 16.7 Å². The topological polar surface area (TPSA) is 41.6 Å². The third-order valence-corrected chi connectivity index (χ3v) is 5.63. The van der Waals surface area contributed by atoms with E-state index in [2.05, 4.69) is 34.5 Å². The van der Waals surface area contributed by atoms with Crippen molar-refractivity contribution in [1.29, 1.82) is 0 Å². The number of benzene rings is 3. The SMILES string of the molecule is O=C(NCCOc1ccccc1Cl)c1ccc(CN2CCc3ccccc3C2)cc1. The number of amides is 1. The van der Waals surface area contributed by atoms with Crippen molar-refractivity contribution in [3.63, 3.8) is 0 Å². The van der Waals surface area contributed by atoms with Crippen molar-refractivity contribution in [1.82, 2.24) is 10.2 Å². The number of rotatable bonds is 7. The highest BCUT2D eigenvalue weighted by molar-refractivity contribution is 6.32. The molecule has 154 valence electrons. The molecule has 4 rings (SSSR count). The maximum absolute atomic E-state index is 12.4. The van der Waals surface area contributed by atoms with Crippen LogP contribution in [0.15, 0.2) is 72.8 Å². The molecule has 0 spiro atoms. The Morgan fingerprint density at radius 1 is 0.967 bits per heavy atom. The molecule has 1 heterocycles. The maximum atomic E-state index is 12.4. The molecule has 3 aromatic carbocycles. The molecule has 5 heteroatoms. The molecule has 0 aliphatic carbocycles. The minimum Gasteiger partial charge on any atom is -0.490 e. The van der Waals surface area contributed by atoms with Crippen LogP contribution >= 0.6 is 11.6 Å². The van der Waals surface area contributed by atoms with Gasteiger partial charge < -0.3 is 10.1 Å². The lowest BCUT2D eigenvalue weighted by atomic mass is 9.99. The molecule has 0 fully saturated rings. The van der Waals surface area contributed by atoms with Crippen LogP contribution in [0.25, 0.3) is 0 Å². The molecule has 0 saturated heterocycles. The van der Waals surface area contributed by atoms with Gasteiger partial charge in [0.05, 0.1) is 11.6 Å². The zero-order valence-corrected chi connectivity index (χ0v) is 17.6. The van der Waals surface area contributed by atoms with Crippen molar-refractivity contribution in [2.75, 3.05) is 19.7 Å². The number of ether oxygens (including phenoxy) is 1. The summed E-state index contributed by atoms with van der Waals surface area (Å²) >= 11 is 6.06. The molecule has 4 nitrogen and oxygen atoms in total. The maximum Gasteiger partial charge on any atom is 0.251 e. The molecule has 1 N–H and O–H groups in total. The van der Waals surface area contributed by atoms with Gasteiger partial charge in [0.25, 0.3) is 5.91 Å². The summed E-state index contributed by atoms with van der Waals surface area (Å²) < 4.78 is 5.60. The molecule has 0 aromatic heterocycles. The highest BCUT2D eigenvalue weighted by Crippen LogP contribution is 2.23. The summed E-state index contributed by atoms with van der Waals surface area (Å²) in [6.45, 7) is 3.71. The molecule has 0 saturated carbocycles. The fourth-order valence-corrected chi connectivity index (χ4v) is 3.89. The summed E-state index contributed by atoms with van der Waals surface area (Å²) in [5.74, 6) is 0.523. The largest absolute Gasteiger partial charge is 0.490 e. The minimum absolute atomic E-state index is 0.101. The van der Waals surface area contributed by atoms with E-state index >= 15 is 0 Å². The smallest absolute Gasteiger partial charge is 0.251 e. The summed E-state index contributed by atoms with van der Waals surface area (Å²) in [4.78, 5) is 14.8. The minimum atomic E-state index is -0.101. The Kier molecular flexibility index (Phi) is 6.67. The third-order valence-electron chi connectivity index (χ3n) is 5.31. The first-order chi connectivity index (χ1) is 14.7. The second-order valence-corrected chi connectivity index (χ2v) is 7.87. The van der Waals surface area contributed by atoms with Crippen LogP contribution in [0.1, 0.15) is 27.0 Å². The molecule has 30 heavy (non-hydrogen) atoms. The summed E-state index contributed by atoms with van der Waals surface area (Å²) in [6, 6.07) is 23.8. The lowest BCUT2D eigenvalue weighted by molar-refractivity contribution is 0.0947. The lowest BCUT2D eigenvalue weighted by Gasteiger charge is -2.28. The molecule has 0 radical (unpaired) electrons. The number of hydrogen-bond acceptors (Lipinski definition) is 3. The standard InChI is InChI=1S/C25H25ClN2O2/c26-23-7-3-4-8-24(23)30-16-14-27-25(29)21-11-9-19(10-12-21)17-28-15-13-20-5-1-2-6-22(20)18-28/h1-12H,13-18H2,(H,27,29). The number of hydrogen-bond donors (Lipinski definition) is 1. The highest BCUT2D eigenvalue weighted by Gasteiger charge is 2.16. The van der Waals surface area contributed by atoms with Crippen molar-refractivity contribution in [3.8, 4) is 5.75 Å². The Hall–Kier alpha value is -2.82. The van der Waals surface area contributed by atoms with E-state index in [-0.39, 0.29) is 5.91 Å². The molecule has 1 aliphatic rings. The Morgan fingerprint density at radius 3 is 2.50 bits per heavy atom. The monoisotopic (exact) mass is 420 g/mol. The first-order valence-corrected chi connectivity index (χ1v) is 10.6. The molecule has 0 bridgehead atoms. The van der Waals surface area contributed by atoms with Gasteiger partial charge in [0.1, 0.15) is 12.4 Å². The quantitative estimate of drug-likeness (QED) is 0.563. The van der Waals surface area contributed by atoms with Crippen molar-refractivity contribution >= 4 is 17.5 Å². The zero-order chi connectivity index (χ0) is 20.8. The summed E-state index contributed by atoms with van der Waals surface area (Å²) in [7, 11) is 0. The Bertz CT molecular complexity index is 1000. The molecular formula is C25H25ClN2O2. The van der Waals surface area contributed by atoms with Crippen molar-refractivity contribution in [3.05, 3.63) is 100 Å². The van der Waals surface area contributed by atoms with Gasteiger partial charge in [0.2, 0.25) is 0 Å². The number of halogens is 1. The predicted octanol–water partition coefficient (Wildman–Crippen LogP) is 4.71. The third kappa shape index (κ3) is 5.21. The number of para-hydroxylation sites is 1. The van der Waals surface area contributed by atoms with E-state index in [4.69, 9.17) is 16.3 Å². The molecular weight excluding hydrogens is 396 g/mol. The van der Waals surface area contributed by atoms with Crippen molar-refractivity contribution in [2.24, 2.45) is 0 Å². The zero-order valence-electron chi connectivity index (χ0n) is 16.8. The van der Waals surface area contributed by atoms with Gasteiger partial charge in [-0.05, 0) is 47.4 Å². The van der Waals surface area contributed by atoms with Gasteiger partial charge >= 0.3 is 0 Å². The van der Waals surface area contributed by atoms with E-state index in [9.17, 15) is 4.79 Å². The molecule has 1 amide bonds. The second kappa shape index (κ2) is 9.79. The Labute approximate surface area is 182 Å². The predicted molar refractivity (Wildman–Crippen MR) is 120 cm³/mol. The van der Waals surface area contributed by atoms with Gasteiger partial charge in [-0.2, -0.15) is 0 Å². The fraction of sp³-hybridized carbons (Fsp3) is 0.240. The van der Waals surface area contributed by atoms with E-state index < -0.39 is 0 Å². The number of carbonyl (C=O) groups is 1. The van der Waals surface area contributed by atoms with Gasteiger partial charge in [-0.1, -0.05) is 60.1 Å². The Morgan fingerprint density at radius 2 is 1.70 bits per heavy atom. The first kappa shape index (κ1) is 20.5. The average molecular weight is 421 g/mol. The van der Waals surface area contributed by atoms with Crippen LogP contribution in [0.3, 0.4) is 0 Å². The molecule has 0 unspecified atom stereocenters. The number of nitrogens with zero attached hydrogens (tertiary/aromatic N) is 1. The van der Waals surface area contributed by atoms with Gasteiger partial charge in [0.15, 0.2) is 0 Å². The van der Waals surface area contributed by atoms with E-state index in [0.717, 1.165) is 26.1 Å². The molecule has 1 aliphatic heterocycles. The van der Waals surface area contributed by atoms with Crippen LogP contribution in [-0.2, 0) is 19.5 Å². The number of fused-ring (bicyclic) bond motifs is 1. The first-order valence-electron chi connectivity index (χ1n) is 10.2. The highest BCUT2D eigenvalue weighted by atomic mass is 35.5. The normalized spacial score (nSPS) is 13.5. The van der Waals surface area contributed by atoms with Crippen LogP contribution < -0.4 is 10.1 Å². The van der Waals surface area contributed by atoms with Gasteiger partial charge in [-0.3, -0.25) is 9.69 Å². The fourth-order valence-electron chi connectivity index (χ4n) is 3.70. The van der Waals surface area contributed by atoms with E-state index in [1.807, 2.05) is 42.5 Å². The van der Waals surface area contributed by atoms with Crippen LogP contribution in [0.4, 0.5) is 0 Å². The van der Waals surface area contributed by atoms with Crippen LogP contribution in [-0.4, -0.2) is 30.5 Å². The van der Waals surface area contributed by atoms with Gasteiger partial charge in [-0.15, -0.1) is 0 Å². The summed E-state index contributed by atoms with van der Waals surface area (Å²) in [6.07, 6.45) is 1.09. The molecule has 3 aromatic rings. The number of carbonyl (C=O) groups excluding carboxylic acids is 1. The van der Waals surface area contributed by atoms with Gasteiger partial charge in [-0.25, -0.2) is 0 Å². The lowest BCUT2D eigenvalue weighted by Crippen LogP contribution is -2.30. The van der Waals surface area contributed by atoms with Crippen molar-refractivity contribution in [2.45, 2.75) is 19.5 Å². The van der Waals surface area contributed by atoms with E-state index in [1.54, 1.807) is 6.07 Å². The second-order valence-electron chi connectivity index (χ2n) is 7.46. The van der Waals surface area contributed by atoms with Gasteiger partial charge in [0, 0.05) is 25.2 Å². The van der Waals surface area contributed by atoms with Crippen molar-refractivity contribution < 1.29 is 9.53 Å². The van der Waals surface area contributed by atoms with Crippen LogP contribution in [0, 0.1) is 0 Å². The van der Waals surface area contributed by atoms with Crippen LogP contribution in [0.2, 0.25) is 5.02 Å².